The summed E-state index contributed by atoms with van der Waals surface area (Å²) in [7, 11) is 0. The lowest BCUT2D eigenvalue weighted by molar-refractivity contribution is 0.259. The van der Waals surface area contributed by atoms with Gasteiger partial charge >= 0.3 is 0 Å². The fourth-order valence-electron chi connectivity index (χ4n) is 3.96. The zero-order chi connectivity index (χ0) is 21.7. The molecule has 1 fully saturated rings. The fourth-order valence-corrected chi connectivity index (χ4v) is 3.96. The lowest BCUT2D eigenvalue weighted by atomic mass is 10.1. The molecule has 2 aromatic rings. The molecular weight excluding hydrogens is 384 g/mol. The second kappa shape index (κ2) is 13.5. The molecule has 0 spiro atoms. The van der Waals surface area contributed by atoms with Crippen molar-refractivity contribution in [1.29, 1.82) is 0 Å². The summed E-state index contributed by atoms with van der Waals surface area (Å²) in [5.41, 5.74) is 2.26. The molecule has 4 heteroatoms. The third-order valence-corrected chi connectivity index (χ3v) is 6.08. The van der Waals surface area contributed by atoms with E-state index in [2.05, 4.69) is 23.8 Å². The van der Waals surface area contributed by atoms with E-state index in [4.69, 9.17) is 9.47 Å². The number of aryl methyl sites for hydroxylation is 1. The highest BCUT2D eigenvalue weighted by Gasteiger charge is 2.38. The van der Waals surface area contributed by atoms with E-state index in [9.17, 15) is 0 Å². The second-order valence-corrected chi connectivity index (χ2v) is 8.83. The predicted octanol–water partition coefficient (Wildman–Crippen LogP) is 7.16. The molecule has 0 aliphatic carbocycles. The molecule has 4 nitrogen and oxygen atoms in total. The Hall–Kier alpha value is -1.94. The third-order valence-electron chi connectivity index (χ3n) is 6.08. The molecule has 0 amide bonds. The average molecular weight is 425 g/mol. The van der Waals surface area contributed by atoms with E-state index in [1.807, 2.05) is 36.7 Å². The Bertz CT molecular complexity index is 730. The lowest BCUT2D eigenvalue weighted by Crippen LogP contribution is -2.07. The maximum atomic E-state index is 5.88. The van der Waals surface area contributed by atoms with Crippen molar-refractivity contribution in [2.75, 3.05) is 6.61 Å². The number of unbranched alkanes of at least 4 members (excludes halogenated alkanes) is 8. The molecule has 0 unspecified atom stereocenters. The molecule has 1 aromatic heterocycles. The minimum atomic E-state index is 0.267. The van der Waals surface area contributed by atoms with Crippen molar-refractivity contribution >= 4 is 0 Å². The standard InChI is InChI=1S/C27H40N2O2/c1-3-5-7-8-9-10-11-12-13-22-19-28-27(29-20-22)23-15-17-24(18-16-23)30-21-26-25(31-26)14-6-4-2/h15-20,25-26H,3-14,21H2,1-2H3/t25-,26-/m0/s1. The number of aromatic nitrogens is 2. The number of epoxide rings is 1. The molecule has 31 heavy (non-hydrogen) atoms. The van der Waals surface area contributed by atoms with Gasteiger partial charge in [0.2, 0.25) is 0 Å². The van der Waals surface area contributed by atoms with Gasteiger partial charge in [0.15, 0.2) is 5.82 Å². The van der Waals surface area contributed by atoms with Gasteiger partial charge in [-0.15, -0.1) is 0 Å². The van der Waals surface area contributed by atoms with E-state index < -0.39 is 0 Å². The Morgan fingerprint density at radius 3 is 2.10 bits per heavy atom. The molecule has 0 bridgehead atoms. The number of nitrogens with zero attached hydrogens (tertiary/aromatic N) is 2. The average Bonchev–Trinajstić information content (AvgIpc) is 3.57. The molecule has 170 valence electrons. The van der Waals surface area contributed by atoms with Gasteiger partial charge in [-0.1, -0.05) is 71.6 Å². The normalized spacial score (nSPS) is 17.6. The molecular formula is C27H40N2O2. The van der Waals surface area contributed by atoms with Crippen LogP contribution in [0.3, 0.4) is 0 Å². The van der Waals surface area contributed by atoms with Gasteiger partial charge in [0.05, 0.1) is 6.10 Å². The summed E-state index contributed by atoms with van der Waals surface area (Å²) in [6, 6.07) is 8.06. The number of rotatable bonds is 16. The highest BCUT2D eigenvalue weighted by molar-refractivity contribution is 5.55. The molecule has 0 N–H and O–H groups in total. The molecule has 1 saturated heterocycles. The Morgan fingerprint density at radius 1 is 0.774 bits per heavy atom. The van der Waals surface area contributed by atoms with E-state index in [1.54, 1.807) is 0 Å². The minimum absolute atomic E-state index is 0.267. The number of hydrogen-bond acceptors (Lipinski definition) is 4. The first kappa shape index (κ1) is 23.7. The van der Waals surface area contributed by atoms with Crippen LogP contribution in [0.4, 0.5) is 0 Å². The van der Waals surface area contributed by atoms with Crippen LogP contribution in [-0.2, 0) is 11.2 Å². The number of hydrogen-bond donors (Lipinski definition) is 0. The van der Waals surface area contributed by atoms with E-state index in [0.717, 1.165) is 30.0 Å². The van der Waals surface area contributed by atoms with Crippen molar-refractivity contribution in [2.45, 2.75) is 103 Å². The smallest absolute Gasteiger partial charge is 0.159 e. The third kappa shape index (κ3) is 8.60. The Balaban J connectivity index is 1.34. The number of benzene rings is 1. The van der Waals surface area contributed by atoms with Crippen molar-refractivity contribution in [3.05, 3.63) is 42.2 Å². The van der Waals surface area contributed by atoms with Crippen LogP contribution in [0.2, 0.25) is 0 Å². The van der Waals surface area contributed by atoms with Crippen LogP contribution in [0.25, 0.3) is 11.4 Å². The maximum Gasteiger partial charge on any atom is 0.159 e. The molecule has 1 aromatic carbocycles. The van der Waals surface area contributed by atoms with Crippen LogP contribution in [0.5, 0.6) is 5.75 Å². The van der Waals surface area contributed by atoms with Crippen molar-refractivity contribution in [3.8, 4) is 17.1 Å². The molecule has 2 heterocycles. The molecule has 3 rings (SSSR count). The molecule has 2 atom stereocenters. The summed E-state index contributed by atoms with van der Waals surface area (Å²) in [4.78, 5) is 9.16. The summed E-state index contributed by atoms with van der Waals surface area (Å²) < 4.78 is 11.5. The summed E-state index contributed by atoms with van der Waals surface area (Å²) in [5.74, 6) is 1.65. The monoisotopic (exact) mass is 424 g/mol. The zero-order valence-electron chi connectivity index (χ0n) is 19.5. The van der Waals surface area contributed by atoms with Gasteiger partial charge in [-0.2, -0.15) is 0 Å². The van der Waals surface area contributed by atoms with Crippen LogP contribution < -0.4 is 4.74 Å². The van der Waals surface area contributed by atoms with Gasteiger partial charge in [-0.05, 0) is 49.1 Å². The van der Waals surface area contributed by atoms with Crippen LogP contribution >= 0.6 is 0 Å². The van der Waals surface area contributed by atoms with Gasteiger partial charge in [0, 0.05) is 18.0 Å². The largest absolute Gasteiger partial charge is 0.491 e. The molecule has 0 radical (unpaired) electrons. The summed E-state index contributed by atoms with van der Waals surface area (Å²) in [6.45, 7) is 5.12. The van der Waals surface area contributed by atoms with Gasteiger partial charge in [0.25, 0.3) is 0 Å². The first-order chi connectivity index (χ1) is 15.3. The fraction of sp³-hybridized carbons (Fsp3) is 0.630. The van der Waals surface area contributed by atoms with Gasteiger partial charge in [0.1, 0.15) is 18.5 Å². The quantitative estimate of drug-likeness (QED) is 0.212. The predicted molar refractivity (Wildman–Crippen MR) is 127 cm³/mol. The van der Waals surface area contributed by atoms with Crippen molar-refractivity contribution in [3.63, 3.8) is 0 Å². The molecule has 0 saturated carbocycles. The highest BCUT2D eigenvalue weighted by Crippen LogP contribution is 2.28. The van der Waals surface area contributed by atoms with E-state index in [0.29, 0.717) is 12.7 Å². The Morgan fingerprint density at radius 2 is 1.42 bits per heavy atom. The maximum absolute atomic E-state index is 5.88. The van der Waals surface area contributed by atoms with Gasteiger partial charge in [-0.25, -0.2) is 9.97 Å². The minimum Gasteiger partial charge on any atom is -0.491 e. The van der Waals surface area contributed by atoms with Crippen molar-refractivity contribution in [1.82, 2.24) is 9.97 Å². The first-order valence-corrected chi connectivity index (χ1v) is 12.5. The lowest BCUT2D eigenvalue weighted by Gasteiger charge is -2.06. The molecule has 1 aliphatic rings. The van der Waals surface area contributed by atoms with Crippen LogP contribution in [-0.4, -0.2) is 28.8 Å². The van der Waals surface area contributed by atoms with Crippen molar-refractivity contribution < 1.29 is 9.47 Å². The highest BCUT2D eigenvalue weighted by atomic mass is 16.6. The SMILES string of the molecule is CCCCCCCCCCc1cnc(-c2ccc(OC[C@@H]3O[C@H]3CCCC)cc2)nc1. The van der Waals surface area contributed by atoms with E-state index in [1.165, 1.54) is 69.8 Å². The van der Waals surface area contributed by atoms with Crippen molar-refractivity contribution in [2.24, 2.45) is 0 Å². The van der Waals surface area contributed by atoms with Gasteiger partial charge < -0.3 is 9.47 Å². The first-order valence-electron chi connectivity index (χ1n) is 12.5. The Kier molecular flexibility index (Phi) is 10.3. The molecule has 1 aliphatic heterocycles. The summed E-state index contributed by atoms with van der Waals surface area (Å²) in [6.07, 6.45) is 20.1. The summed E-state index contributed by atoms with van der Waals surface area (Å²) in [5, 5.41) is 0. The van der Waals surface area contributed by atoms with E-state index in [-0.39, 0.29) is 6.10 Å². The Labute approximate surface area is 188 Å². The van der Waals surface area contributed by atoms with Gasteiger partial charge in [-0.3, -0.25) is 0 Å². The zero-order valence-corrected chi connectivity index (χ0v) is 19.5. The van der Waals surface area contributed by atoms with Crippen LogP contribution in [0, 0.1) is 0 Å². The van der Waals surface area contributed by atoms with E-state index >= 15 is 0 Å². The van der Waals surface area contributed by atoms with Crippen LogP contribution in [0.1, 0.15) is 90.0 Å². The van der Waals surface area contributed by atoms with Crippen LogP contribution in [0.15, 0.2) is 36.7 Å². The number of ether oxygens (including phenoxy) is 2. The topological polar surface area (TPSA) is 47.5 Å². The second-order valence-electron chi connectivity index (χ2n) is 8.83. The summed E-state index contributed by atoms with van der Waals surface area (Å²) >= 11 is 0.